The number of thiophene rings is 1. The zero-order chi connectivity index (χ0) is 21.4. The van der Waals surface area contributed by atoms with Crippen LogP contribution in [0.15, 0.2) is 48.5 Å². The normalized spacial score (nSPS) is 17.1. The maximum atomic E-state index is 12.8. The highest BCUT2D eigenvalue weighted by atomic mass is 32.1. The summed E-state index contributed by atoms with van der Waals surface area (Å²) in [6, 6.07) is 13.9. The first kappa shape index (κ1) is 19.6. The molecule has 1 aromatic heterocycles. The molecule has 31 heavy (non-hydrogen) atoms. The third-order valence-corrected chi connectivity index (χ3v) is 6.92. The smallest absolute Gasteiger partial charge is 0.343 e. The molecule has 2 aromatic carbocycles. The van der Waals surface area contributed by atoms with Crippen molar-refractivity contribution in [1.29, 1.82) is 0 Å². The molecule has 0 unspecified atom stereocenters. The minimum Gasteiger partial charge on any atom is -0.497 e. The number of amides is 1. The molecule has 0 radical (unpaired) electrons. The summed E-state index contributed by atoms with van der Waals surface area (Å²) in [5, 5.41) is 7.48. The molecule has 0 saturated heterocycles. The first-order chi connectivity index (χ1) is 15.1. The summed E-state index contributed by atoms with van der Waals surface area (Å²) in [6.45, 7) is 0. The molecule has 6 nitrogen and oxygen atoms in total. The molecule has 2 heterocycles. The van der Waals surface area contributed by atoms with E-state index in [1.807, 2.05) is 12.1 Å². The van der Waals surface area contributed by atoms with Crippen LogP contribution in [-0.2, 0) is 12.8 Å². The monoisotopic (exact) mass is 434 g/mol. The van der Waals surface area contributed by atoms with Gasteiger partial charge in [-0.1, -0.05) is 12.1 Å². The largest absolute Gasteiger partial charge is 0.497 e. The molecule has 5 rings (SSSR count). The molecule has 1 atom stereocenters. The highest BCUT2D eigenvalue weighted by molar-refractivity contribution is 7.16. The Labute approximate surface area is 184 Å². The number of carbonyl (C=O) groups is 2. The Morgan fingerprint density at radius 3 is 2.42 bits per heavy atom. The molecule has 0 saturated carbocycles. The Balaban J connectivity index is 1.29. The number of rotatable bonds is 4. The van der Waals surface area contributed by atoms with Gasteiger partial charge in [-0.05, 0) is 73.2 Å². The van der Waals surface area contributed by atoms with Gasteiger partial charge in [0.25, 0.3) is 5.91 Å². The number of hydrogen-bond donors (Lipinski definition) is 2. The zero-order valence-electron chi connectivity index (χ0n) is 17.1. The number of ether oxygens (including phenoxy) is 2. The van der Waals surface area contributed by atoms with Gasteiger partial charge in [0.2, 0.25) is 0 Å². The van der Waals surface area contributed by atoms with Crippen LogP contribution in [0.3, 0.4) is 0 Å². The molecule has 0 bridgehead atoms. The van der Waals surface area contributed by atoms with E-state index >= 15 is 0 Å². The quantitative estimate of drug-likeness (QED) is 0.459. The number of methoxy groups -OCH3 is 1. The van der Waals surface area contributed by atoms with Crippen LogP contribution >= 0.6 is 11.3 Å². The summed E-state index contributed by atoms with van der Waals surface area (Å²) in [5.74, 6) is 0.665. The number of nitrogens with one attached hydrogen (secondary N) is 2. The van der Waals surface area contributed by atoms with Gasteiger partial charge >= 0.3 is 5.97 Å². The van der Waals surface area contributed by atoms with Crippen LogP contribution in [0.25, 0.3) is 0 Å². The Morgan fingerprint density at radius 1 is 0.968 bits per heavy atom. The van der Waals surface area contributed by atoms with Gasteiger partial charge in [0.1, 0.15) is 22.7 Å². The second-order valence-electron chi connectivity index (χ2n) is 7.65. The van der Waals surface area contributed by atoms with Crippen molar-refractivity contribution in [1.82, 2.24) is 5.32 Å². The van der Waals surface area contributed by atoms with Crippen molar-refractivity contribution in [2.45, 2.75) is 31.8 Å². The van der Waals surface area contributed by atoms with Crippen molar-refractivity contribution in [3.8, 4) is 11.5 Å². The molecule has 0 fully saturated rings. The molecule has 1 aliphatic carbocycles. The lowest BCUT2D eigenvalue weighted by Gasteiger charge is -2.27. The van der Waals surface area contributed by atoms with Gasteiger partial charge in [0, 0.05) is 4.88 Å². The first-order valence-corrected chi connectivity index (χ1v) is 11.1. The highest BCUT2D eigenvalue weighted by Crippen LogP contribution is 2.41. The maximum Gasteiger partial charge on any atom is 0.343 e. The summed E-state index contributed by atoms with van der Waals surface area (Å²) in [4.78, 5) is 26.5. The van der Waals surface area contributed by atoms with Crippen LogP contribution in [0.4, 0.5) is 5.00 Å². The highest BCUT2D eigenvalue weighted by Gasteiger charge is 2.31. The number of esters is 1. The summed E-state index contributed by atoms with van der Waals surface area (Å²) < 4.78 is 10.6. The molecule has 7 heteroatoms. The standard InChI is InChI=1S/C24H22N2O4S/c1-29-16-10-8-15(9-11-16)24(28)30-17-12-6-14(7-13-17)21-25-22(27)20-18-4-2-3-5-19(18)31-23(20)26-21/h6-13,21,26H,2-5H2,1H3,(H,25,27)/t21-/m0/s1. The van der Waals surface area contributed by atoms with Crippen LogP contribution in [0.5, 0.6) is 11.5 Å². The van der Waals surface area contributed by atoms with Gasteiger partial charge in [-0.15, -0.1) is 11.3 Å². The second kappa shape index (κ2) is 8.07. The molecule has 0 spiro atoms. The first-order valence-electron chi connectivity index (χ1n) is 10.3. The average Bonchev–Trinajstić information content (AvgIpc) is 3.18. The number of anilines is 1. The van der Waals surface area contributed by atoms with Crippen molar-refractivity contribution in [3.05, 3.63) is 75.7 Å². The van der Waals surface area contributed by atoms with E-state index < -0.39 is 5.97 Å². The topological polar surface area (TPSA) is 76.7 Å². The lowest BCUT2D eigenvalue weighted by atomic mass is 9.94. The van der Waals surface area contributed by atoms with Gasteiger partial charge in [0.05, 0.1) is 18.2 Å². The fraction of sp³-hybridized carbons (Fsp3) is 0.250. The average molecular weight is 435 g/mol. The van der Waals surface area contributed by atoms with E-state index in [-0.39, 0.29) is 12.1 Å². The second-order valence-corrected chi connectivity index (χ2v) is 8.76. The van der Waals surface area contributed by atoms with Crippen LogP contribution in [0.2, 0.25) is 0 Å². The molecular formula is C24H22N2O4S. The van der Waals surface area contributed by atoms with Crippen LogP contribution in [0, 0.1) is 0 Å². The fourth-order valence-corrected chi connectivity index (χ4v) is 5.38. The lowest BCUT2D eigenvalue weighted by molar-refractivity contribution is 0.0734. The predicted octanol–water partition coefficient (Wildman–Crippen LogP) is 4.71. The van der Waals surface area contributed by atoms with Crippen molar-refractivity contribution < 1.29 is 19.1 Å². The van der Waals surface area contributed by atoms with E-state index in [1.54, 1.807) is 54.8 Å². The summed E-state index contributed by atoms with van der Waals surface area (Å²) in [5.41, 5.74) is 3.38. The van der Waals surface area contributed by atoms with Gasteiger partial charge in [0.15, 0.2) is 0 Å². The van der Waals surface area contributed by atoms with Crippen molar-refractivity contribution in [2.75, 3.05) is 12.4 Å². The molecule has 158 valence electrons. The Hall–Kier alpha value is -3.32. The molecule has 3 aromatic rings. The number of aryl methyl sites for hydroxylation is 1. The summed E-state index contributed by atoms with van der Waals surface area (Å²) >= 11 is 1.70. The van der Waals surface area contributed by atoms with E-state index in [2.05, 4.69) is 10.6 Å². The van der Waals surface area contributed by atoms with Crippen molar-refractivity contribution in [3.63, 3.8) is 0 Å². The Kier molecular flexibility index (Phi) is 5.11. The minimum atomic E-state index is -0.437. The number of benzene rings is 2. The van der Waals surface area contributed by atoms with Gasteiger partial charge in [-0.3, -0.25) is 4.79 Å². The van der Waals surface area contributed by atoms with Crippen LogP contribution in [-0.4, -0.2) is 19.0 Å². The zero-order valence-corrected chi connectivity index (χ0v) is 17.9. The number of carbonyl (C=O) groups excluding carboxylic acids is 2. The summed E-state index contributed by atoms with van der Waals surface area (Å²) in [6.07, 6.45) is 4.06. The lowest BCUT2D eigenvalue weighted by Crippen LogP contribution is -2.38. The van der Waals surface area contributed by atoms with E-state index in [1.165, 1.54) is 16.9 Å². The SMILES string of the molecule is COc1ccc(C(=O)Oc2ccc([C@H]3NC(=O)c4c(sc5c4CCCC5)N3)cc2)cc1. The van der Waals surface area contributed by atoms with Crippen molar-refractivity contribution >= 4 is 28.2 Å². The maximum absolute atomic E-state index is 12.8. The summed E-state index contributed by atoms with van der Waals surface area (Å²) in [7, 11) is 1.58. The molecular weight excluding hydrogens is 412 g/mol. The van der Waals surface area contributed by atoms with E-state index in [4.69, 9.17) is 9.47 Å². The molecule has 1 amide bonds. The fourth-order valence-electron chi connectivity index (χ4n) is 4.07. The van der Waals surface area contributed by atoms with Crippen LogP contribution < -0.4 is 20.1 Å². The van der Waals surface area contributed by atoms with E-state index in [0.717, 1.165) is 35.4 Å². The van der Waals surface area contributed by atoms with E-state index in [0.29, 0.717) is 17.1 Å². The third-order valence-electron chi connectivity index (χ3n) is 5.70. The van der Waals surface area contributed by atoms with Crippen molar-refractivity contribution in [2.24, 2.45) is 0 Å². The van der Waals surface area contributed by atoms with Crippen LogP contribution in [0.1, 0.15) is 55.7 Å². The van der Waals surface area contributed by atoms with Gasteiger partial charge in [-0.25, -0.2) is 4.79 Å². The van der Waals surface area contributed by atoms with E-state index in [9.17, 15) is 9.59 Å². The molecule has 2 N–H and O–H groups in total. The molecule has 2 aliphatic rings. The minimum absolute atomic E-state index is 0.0202. The number of hydrogen-bond acceptors (Lipinski definition) is 6. The van der Waals surface area contributed by atoms with Gasteiger partial charge < -0.3 is 20.1 Å². The Bertz CT molecular complexity index is 1140. The number of fused-ring (bicyclic) bond motifs is 3. The third kappa shape index (κ3) is 3.77. The molecule has 1 aliphatic heterocycles. The predicted molar refractivity (Wildman–Crippen MR) is 119 cm³/mol. The Morgan fingerprint density at radius 2 is 1.68 bits per heavy atom. The van der Waals surface area contributed by atoms with Gasteiger partial charge in [-0.2, -0.15) is 0 Å².